The van der Waals surface area contributed by atoms with Crippen LogP contribution in [-0.4, -0.2) is 21.3 Å². The van der Waals surface area contributed by atoms with Crippen molar-refractivity contribution in [2.24, 2.45) is 0 Å². The molecule has 21 heavy (non-hydrogen) atoms. The molecule has 0 aliphatic carbocycles. The fraction of sp³-hybridized carbons (Fsp3) is 0.529. The van der Waals surface area contributed by atoms with Crippen LogP contribution in [0.1, 0.15) is 44.6 Å². The van der Waals surface area contributed by atoms with Gasteiger partial charge >= 0.3 is 0 Å². The predicted molar refractivity (Wildman–Crippen MR) is 88.2 cm³/mol. The van der Waals surface area contributed by atoms with E-state index in [2.05, 4.69) is 26.0 Å². The van der Waals surface area contributed by atoms with Crippen molar-refractivity contribution >= 4 is 11.6 Å². The van der Waals surface area contributed by atoms with Gasteiger partial charge in [0.1, 0.15) is 0 Å². The molecule has 1 unspecified atom stereocenters. The Morgan fingerprint density at radius 2 is 1.62 bits per heavy atom. The molecule has 0 fully saturated rings. The van der Waals surface area contributed by atoms with Gasteiger partial charge in [-0.2, -0.15) is 0 Å². The van der Waals surface area contributed by atoms with Crippen LogP contribution in [0.2, 0.25) is 5.02 Å². The summed E-state index contributed by atoms with van der Waals surface area (Å²) in [5.74, 6) is 2.11. The minimum atomic E-state index is 0.333. The number of hydrogen-bond acceptors (Lipinski definition) is 3. The zero-order valence-electron chi connectivity index (χ0n) is 13.5. The van der Waals surface area contributed by atoms with E-state index in [1.807, 2.05) is 6.07 Å². The van der Waals surface area contributed by atoms with Crippen molar-refractivity contribution in [3.63, 3.8) is 0 Å². The van der Waals surface area contributed by atoms with Gasteiger partial charge in [0.25, 0.3) is 0 Å². The van der Waals surface area contributed by atoms with Gasteiger partial charge in [0.2, 0.25) is 5.75 Å². The summed E-state index contributed by atoms with van der Waals surface area (Å²) < 4.78 is 16.3. The Morgan fingerprint density at radius 3 is 2.10 bits per heavy atom. The highest BCUT2D eigenvalue weighted by Gasteiger charge is 2.23. The zero-order valence-corrected chi connectivity index (χ0v) is 14.3. The van der Waals surface area contributed by atoms with E-state index in [1.165, 1.54) is 0 Å². The maximum absolute atomic E-state index is 6.33. The van der Waals surface area contributed by atoms with E-state index in [-0.39, 0.29) is 0 Å². The van der Waals surface area contributed by atoms with Gasteiger partial charge in [0, 0.05) is 5.56 Å². The average molecular weight is 313 g/mol. The van der Waals surface area contributed by atoms with E-state index in [9.17, 15) is 0 Å². The highest BCUT2D eigenvalue weighted by Crippen LogP contribution is 2.48. The fourth-order valence-electron chi connectivity index (χ4n) is 2.44. The lowest BCUT2D eigenvalue weighted by atomic mass is 9.91. The maximum atomic E-state index is 6.33. The summed E-state index contributed by atoms with van der Waals surface area (Å²) in [6.07, 6.45) is 7.37. The molecule has 0 radical (unpaired) electrons. The van der Waals surface area contributed by atoms with E-state index in [1.54, 1.807) is 21.3 Å². The van der Waals surface area contributed by atoms with Crippen molar-refractivity contribution < 1.29 is 14.2 Å². The van der Waals surface area contributed by atoms with Gasteiger partial charge in [-0.05, 0) is 31.2 Å². The summed E-state index contributed by atoms with van der Waals surface area (Å²) in [6, 6.07) is 1.93. The van der Waals surface area contributed by atoms with Crippen LogP contribution in [0.25, 0.3) is 0 Å². The quantitative estimate of drug-likeness (QED) is 0.616. The van der Waals surface area contributed by atoms with Crippen molar-refractivity contribution in [3.8, 4) is 17.2 Å². The molecule has 0 spiro atoms. The first-order valence-electron chi connectivity index (χ1n) is 7.27. The van der Waals surface area contributed by atoms with E-state index in [4.69, 9.17) is 25.8 Å². The smallest absolute Gasteiger partial charge is 0.205 e. The molecule has 0 saturated heterocycles. The molecule has 0 aliphatic heterocycles. The van der Waals surface area contributed by atoms with Crippen LogP contribution >= 0.6 is 11.6 Å². The highest BCUT2D eigenvalue weighted by molar-refractivity contribution is 6.32. The number of halogens is 1. The average Bonchev–Trinajstić information content (AvgIpc) is 2.50. The summed E-state index contributed by atoms with van der Waals surface area (Å²) in [4.78, 5) is 0. The summed E-state index contributed by atoms with van der Waals surface area (Å²) in [5.41, 5.74) is 1.06. The molecule has 1 aromatic carbocycles. The molecule has 1 aromatic rings. The molecular weight excluding hydrogens is 288 g/mol. The number of benzene rings is 1. The Labute approximate surface area is 132 Å². The maximum Gasteiger partial charge on any atom is 0.205 e. The number of hydrogen-bond donors (Lipinski definition) is 0. The summed E-state index contributed by atoms with van der Waals surface area (Å²) >= 11 is 6.33. The summed E-state index contributed by atoms with van der Waals surface area (Å²) in [7, 11) is 4.81. The molecular formula is C17H25ClO3. The minimum Gasteiger partial charge on any atom is -0.492 e. The Hall–Kier alpha value is -1.35. The van der Waals surface area contributed by atoms with Gasteiger partial charge in [-0.3, -0.25) is 0 Å². The van der Waals surface area contributed by atoms with E-state index in [0.29, 0.717) is 28.2 Å². The van der Waals surface area contributed by atoms with Crippen molar-refractivity contribution in [1.29, 1.82) is 0 Å². The standard InChI is InChI=1S/C17H25ClO3/c1-6-8-9-10-12(7-2)13-11-14(18)16(20-4)17(21-5)15(13)19-3/h8-9,11-12H,6-7,10H2,1-5H3/b9-8-. The lowest BCUT2D eigenvalue weighted by Crippen LogP contribution is -2.04. The van der Waals surface area contributed by atoms with Gasteiger partial charge < -0.3 is 14.2 Å². The Morgan fingerprint density at radius 1 is 1.00 bits per heavy atom. The molecule has 0 aromatic heterocycles. The number of ether oxygens (including phenoxy) is 3. The number of methoxy groups -OCH3 is 3. The molecule has 0 amide bonds. The van der Waals surface area contributed by atoms with E-state index >= 15 is 0 Å². The largest absolute Gasteiger partial charge is 0.492 e. The lowest BCUT2D eigenvalue weighted by Gasteiger charge is -2.21. The molecule has 4 heteroatoms. The van der Waals surface area contributed by atoms with Gasteiger partial charge in [0.15, 0.2) is 11.5 Å². The summed E-state index contributed by atoms with van der Waals surface area (Å²) in [5, 5.41) is 0.545. The van der Waals surface area contributed by atoms with Gasteiger partial charge in [-0.15, -0.1) is 0 Å². The third-order valence-electron chi connectivity index (χ3n) is 3.54. The van der Waals surface area contributed by atoms with Crippen molar-refractivity contribution in [1.82, 2.24) is 0 Å². The first kappa shape index (κ1) is 17.7. The SMILES string of the molecule is CC/C=C\CC(CC)c1cc(Cl)c(OC)c(OC)c1OC. The third-order valence-corrected chi connectivity index (χ3v) is 3.82. The Bertz CT molecular complexity index is 483. The van der Waals surface area contributed by atoms with Crippen LogP contribution in [0.4, 0.5) is 0 Å². The monoisotopic (exact) mass is 312 g/mol. The molecule has 0 aliphatic rings. The Kier molecular flexibility index (Phi) is 7.44. The minimum absolute atomic E-state index is 0.333. The zero-order chi connectivity index (χ0) is 15.8. The van der Waals surface area contributed by atoms with Gasteiger partial charge in [-0.25, -0.2) is 0 Å². The number of rotatable bonds is 8. The summed E-state index contributed by atoms with van der Waals surface area (Å²) in [6.45, 7) is 4.29. The molecule has 3 nitrogen and oxygen atoms in total. The normalized spacial score (nSPS) is 12.5. The Balaban J connectivity index is 3.32. The second-order valence-corrected chi connectivity index (χ2v) is 5.18. The number of allylic oxidation sites excluding steroid dienone is 2. The molecule has 0 N–H and O–H groups in total. The first-order chi connectivity index (χ1) is 10.1. The van der Waals surface area contributed by atoms with E-state index < -0.39 is 0 Å². The fourth-order valence-corrected chi connectivity index (χ4v) is 2.72. The molecule has 1 rings (SSSR count). The van der Waals surface area contributed by atoms with E-state index in [0.717, 1.165) is 24.8 Å². The molecule has 0 saturated carbocycles. The predicted octanol–water partition coefficient (Wildman–Crippen LogP) is 5.22. The second-order valence-electron chi connectivity index (χ2n) is 4.77. The third kappa shape index (κ3) is 4.07. The second kappa shape index (κ2) is 8.83. The molecule has 0 bridgehead atoms. The van der Waals surface area contributed by atoms with Crippen LogP contribution in [0.3, 0.4) is 0 Å². The van der Waals surface area contributed by atoms with Crippen LogP contribution in [0.15, 0.2) is 18.2 Å². The lowest BCUT2D eigenvalue weighted by molar-refractivity contribution is 0.320. The molecule has 1 atom stereocenters. The van der Waals surface area contributed by atoms with Gasteiger partial charge in [-0.1, -0.05) is 37.6 Å². The topological polar surface area (TPSA) is 27.7 Å². The van der Waals surface area contributed by atoms with Crippen LogP contribution < -0.4 is 14.2 Å². The molecule has 118 valence electrons. The van der Waals surface area contributed by atoms with Crippen molar-refractivity contribution in [2.45, 2.75) is 39.0 Å². The van der Waals surface area contributed by atoms with Crippen molar-refractivity contribution in [2.75, 3.05) is 21.3 Å². The first-order valence-corrected chi connectivity index (χ1v) is 7.65. The molecule has 0 heterocycles. The van der Waals surface area contributed by atoms with Crippen molar-refractivity contribution in [3.05, 3.63) is 28.8 Å². The van der Waals surface area contributed by atoms with Gasteiger partial charge in [0.05, 0.1) is 26.4 Å². The van der Waals surface area contributed by atoms with Crippen LogP contribution in [-0.2, 0) is 0 Å². The highest BCUT2D eigenvalue weighted by atomic mass is 35.5. The van der Waals surface area contributed by atoms with Crippen LogP contribution in [0, 0.1) is 0 Å². The van der Waals surface area contributed by atoms with Crippen LogP contribution in [0.5, 0.6) is 17.2 Å².